The van der Waals surface area contributed by atoms with Crippen molar-refractivity contribution in [2.75, 3.05) is 26.3 Å². The number of carbonyl (C=O) groups is 6. The SMILES string of the molecule is CC1(C)C(C(N)=O)Cc2ccc(cc2)[C@@]1(C(=O)NC(=O)O)N1CCCC1N(C1CCCN1[C@]1(C(=O)NC(=O)O)c2ccc(cc2)CC(C(N)=O)C1(C)C)[C@@H]1CCOC1. The lowest BCUT2D eigenvalue weighted by Gasteiger charge is -2.60. The largest absolute Gasteiger partial charge is 0.465 e. The van der Waals surface area contributed by atoms with Gasteiger partial charge in [0.1, 0.15) is 11.1 Å². The Morgan fingerprint density at radius 2 is 1.07 bits per heavy atom. The zero-order valence-electron chi connectivity index (χ0n) is 33.5. The molecule has 4 unspecified atom stereocenters. The molecule has 16 heteroatoms. The first-order chi connectivity index (χ1) is 27.4. The molecule has 8 N–H and O–H groups in total. The molecule has 3 heterocycles. The first-order valence-electron chi connectivity index (χ1n) is 20.2. The van der Waals surface area contributed by atoms with E-state index in [1.165, 1.54) is 0 Å². The fourth-order valence-electron chi connectivity index (χ4n) is 11.8. The van der Waals surface area contributed by atoms with Gasteiger partial charge >= 0.3 is 12.2 Å². The number of hydrogen-bond acceptors (Lipinski definition) is 10. The summed E-state index contributed by atoms with van der Waals surface area (Å²) in [5.41, 5.74) is 8.99. The van der Waals surface area contributed by atoms with Crippen molar-refractivity contribution in [1.82, 2.24) is 25.3 Å². The maximum absolute atomic E-state index is 15.1. The number of carboxylic acid groups (broad SMARTS) is 2. The second kappa shape index (κ2) is 15.0. The summed E-state index contributed by atoms with van der Waals surface area (Å²) < 4.78 is 6.04. The van der Waals surface area contributed by atoms with E-state index < -0.39 is 81.9 Å². The molecule has 0 radical (unpaired) electrons. The van der Waals surface area contributed by atoms with E-state index in [2.05, 4.69) is 15.5 Å². The molecule has 0 aromatic heterocycles. The number of ether oxygens (including phenoxy) is 1. The Hall–Kier alpha value is -4.90. The molecule has 7 atom stereocenters. The second-order valence-corrected chi connectivity index (χ2v) is 17.7. The van der Waals surface area contributed by atoms with Crippen molar-refractivity contribution in [3.8, 4) is 0 Å². The number of rotatable bonds is 9. The number of nitrogens with two attached hydrogens (primary N) is 2. The number of primary amides is 2. The van der Waals surface area contributed by atoms with Crippen molar-refractivity contribution in [1.29, 1.82) is 0 Å². The quantitative estimate of drug-likeness (QED) is 0.215. The van der Waals surface area contributed by atoms with Crippen LogP contribution in [-0.4, -0.2) is 105 Å². The first kappa shape index (κ1) is 41.3. The highest BCUT2D eigenvalue weighted by Gasteiger charge is 2.67. The maximum Gasteiger partial charge on any atom is 0.411 e. The minimum absolute atomic E-state index is 0.232. The zero-order chi connectivity index (χ0) is 41.9. The average molecular weight is 802 g/mol. The van der Waals surface area contributed by atoms with Crippen molar-refractivity contribution in [3.63, 3.8) is 0 Å². The van der Waals surface area contributed by atoms with Crippen LogP contribution in [0.1, 0.15) is 82.1 Å². The number of hydrogen-bond donors (Lipinski definition) is 6. The lowest BCUT2D eigenvalue weighted by Crippen LogP contribution is -2.74. The molecule has 0 saturated carbocycles. The molecular formula is C42H55N7O9. The van der Waals surface area contributed by atoms with E-state index in [0.717, 1.165) is 11.1 Å². The van der Waals surface area contributed by atoms with Crippen LogP contribution in [0.4, 0.5) is 9.59 Å². The van der Waals surface area contributed by atoms with E-state index >= 15 is 9.59 Å². The molecule has 6 amide bonds. The van der Waals surface area contributed by atoms with Crippen molar-refractivity contribution >= 4 is 35.8 Å². The molecule has 2 aromatic rings. The Labute approximate surface area is 337 Å². The number of likely N-dealkylation sites (tertiary alicyclic amines) is 2. The molecule has 3 saturated heterocycles. The molecule has 9 rings (SSSR count). The zero-order valence-corrected chi connectivity index (χ0v) is 33.5. The smallest absolute Gasteiger partial charge is 0.411 e. The Balaban J connectivity index is 1.47. The van der Waals surface area contributed by atoms with Gasteiger partial charge in [-0.05, 0) is 67.2 Å². The highest BCUT2D eigenvalue weighted by atomic mass is 16.5. The van der Waals surface area contributed by atoms with E-state index in [0.29, 0.717) is 69.5 Å². The molecule has 58 heavy (non-hydrogen) atoms. The second-order valence-electron chi connectivity index (χ2n) is 17.7. The number of nitrogens with zero attached hydrogens (tertiary/aromatic N) is 3. The number of carbonyl (C=O) groups excluding carboxylic acids is 4. The molecular weight excluding hydrogens is 747 g/mol. The van der Waals surface area contributed by atoms with Gasteiger partial charge in [-0.1, -0.05) is 76.2 Å². The van der Waals surface area contributed by atoms with Gasteiger partial charge in [0.25, 0.3) is 11.8 Å². The number of amides is 6. The van der Waals surface area contributed by atoms with Gasteiger partial charge in [0, 0.05) is 48.4 Å². The number of imide groups is 2. The van der Waals surface area contributed by atoms with Crippen LogP contribution in [0, 0.1) is 22.7 Å². The van der Waals surface area contributed by atoms with Gasteiger partial charge in [-0.2, -0.15) is 0 Å². The summed E-state index contributed by atoms with van der Waals surface area (Å²) in [6, 6.07) is 14.4. The third kappa shape index (κ3) is 6.18. The molecule has 312 valence electrons. The fourth-order valence-corrected chi connectivity index (χ4v) is 11.8. The van der Waals surface area contributed by atoms with Crippen molar-refractivity contribution in [2.45, 2.75) is 102 Å². The Bertz CT molecular complexity index is 1850. The minimum atomic E-state index is -1.75. The van der Waals surface area contributed by atoms with Crippen LogP contribution in [0.25, 0.3) is 0 Å². The monoisotopic (exact) mass is 801 g/mol. The van der Waals surface area contributed by atoms with Crippen molar-refractivity contribution < 1.29 is 43.7 Å². The maximum atomic E-state index is 15.1. The average Bonchev–Trinajstić information content (AvgIpc) is 3.94. The highest BCUT2D eigenvalue weighted by Crippen LogP contribution is 2.57. The van der Waals surface area contributed by atoms with Crippen LogP contribution < -0.4 is 22.1 Å². The fraction of sp³-hybridized carbons (Fsp3) is 0.571. The van der Waals surface area contributed by atoms with Crippen LogP contribution in [0.5, 0.6) is 0 Å². The minimum Gasteiger partial charge on any atom is -0.465 e. The van der Waals surface area contributed by atoms with Gasteiger partial charge in [-0.3, -0.25) is 44.5 Å². The van der Waals surface area contributed by atoms with Gasteiger partial charge in [0.05, 0.1) is 18.9 Å². The third-order valence-corrected chi connectivity index (χ3v) is 14.3. The van der Waals surface area contributed by atoms with E-state index in [9.17, 15) is 29.4 Å². The van der Waals surface area contributed by atoms with Crippen LogP contribution >= 0.6 is 0 Å². The summed E-state index contributed by atoms with van der Waals surface area (Å²) in [4.78, 5) is 88.2. The normalized spacial score (nSPS) is 31.6. The van der Waals surface area contributed by atoms with Crippen molar-refractivity contribution in [2.24, 2.45) is 34.1 Å². The molecule has 4 bridgehead atoms. The van der Waals surface area contributed by atoms with E-state index in [-0.39, 0.29) is 18.9 Å². The predicted octanol–water partition coefficient (Wildman–Crippen LogP) is 2.67. The summed E-state index contributed by atoms with van der Waals surface area (Å²) in [6.07, 6.45) is -0.956. The van der Waals surface area contributed by atoms with Gasteiger partial charge in [-0.25, -0.2) is 9.59 Å². The topological polar surface area (TPSA) is 238 Å². The summed E-state index contributed by atoms with van der Waals surface area (Å²) in [7, 11) is 0. The number of fused-ring (bicyclic) bond motifs is 10. The summed E-state index contributed by atoms with van der Waals surface area (Å²) in [5, 5.41) is 24.6. The van der Waals surface area contributed by atoms with Crippen LogP contribution in [0.15, 0.2) is 48.5 Å². The van der Waals surface area contributed by atoms with Gasteiger partial charge in [0.2, 0.25) is 11.8 Å². The molecule has 2 aromatic carbocycles. The Kier molecular flexibility index (Phi) is 10.7. The van der Waals surface area contributed by atoms with Gasteiger partial charge < -0.3 is 26.4 Å². The summed E-state index contributed by atoms with van der Waals surface area (Å²) in [5.74, 6) is -4.63. The Morgan fingerprint density at radius 1 is 0.672 bits per heavy atom. The molecule has 4 aliphatic carbocycles. The highest BCUT2D eigenvalue weighted by molar-refractivity contribution is 6.00. The van der Waals surface area contributed by atoms with E-state index in [4.69, 9.17) is 16.2 Å². The number of nitrogens with one attached hydrogen (secondary N) is 2. The van der Waals surface area contributed by atoms with Gasteiger partial charge in [0.15, 0.2) is 0 Å². The molecule has 3 fully saturated rings. The lowest BCUT2D eigenvalue weighted by molar-refractivity contribution is -0.179. The van der Waals surface area contributed by atoms with Crippen LogP contribution in [0.3, 0.4) is 0 Å². The Morgan fingerprint density at radius 3 is 1.40 bits per heavy atom. The molecule has 0 spiro atoms. The van der Waals surface area contributed by atoms with Gasteiger partial charge in [-0.15, -0.1) is 0 Å². The van der Waals surface area contributed by atoms with E-state index in [1.807, 2.05) is 58.3 Å². The van der Waals surface area contributed by atoms with Crippen molar-refractivity contribution in [3.05, 3.63) is 70.8 Å². The first-order valence-corrected chi connectivity index (χ1v) is 20.2. The number of benzene rings is 2. The molecule has 16 nitrogen and oxygen atoms in total. The molecule has 3 aliphatic heterocycles. The molecule has 7 aliphatic rings. The predicted molar refractivity (Wildman–Crippen MR) is 209 cm³/mol. The summed E-state index contributed by atoms with van der Waals surface area (Å²) in [6.45, 7) is 8.65. The third-order valence-electron chi connectivity index (χ3n) is 14.3. The van der Waals surface area contributed by atoms with Crippen LogP contribution in [-0.2, 0) is 47.8 Å². The standard InChI is InChI=1S/C42H55N7O9/c1-39(2)29(33(43)50)21-24-9-13-26(14-10-24)41(39,35(52)45-37(54)55)47-18-5-7-31(47)49(28-17-20-58-23-28)32-8-6-19-48(32)42(36(53)46-38(56)57)27-15-11-25(12-16-27)22-30(34(44)51)40(42,3)4/h9-16,28-32H,5-8,17-23H2,1-4H3,(H2,43,50)(H2,44,51)(H,45,52)(H,46,53)(H,54,55)(H,56,57)/t28-,29?,30?,31?,32?,41+,42+/m1/s1. The summed E-state index contributed by atoms with van der Waals surface area (Å²) >= 11 is 0. The van der Waals surface area contributed by atoms with Crippen LogP contribution in [0.2, 0.25) is 0 Å². The van der Waals surface area contributed by atoms with E-state index in [1.54, 1.807) is 27.7 Å². The lowest BCUT2D eigenvalue weighted by atomic mass is 9.57.